The molecular formula is C21H19BrN2O5. The van der Waals surface area contributed by atoms with Gasteiger partial charge in [-0.3, -0.25) is 9.59 Å². The molecule has 1 aliphatic heterocycles. The zero-order valence-corrected chi connectivity index (χ0v) is 17.3. The predicted molar refractivity (Wildman–Crippen MR) is 112 cm³/mol. The smallest absolute Gasteiger partial charge is 0.291 e. The van der Waals surface area contributed by atoms with Crippen LogP contribution in [0.1, 0.15) is 20.9 Å². The van der Waals surface area contributed by atoms with E-state index in [0.29, 0.717) is 58.7 Å². The first-order valence-corrected chi connectivity index (χ1v) is 9.91. The number of halogens is 1. The standard InChI is InChI=1S/C21H19BrN2O5/c1-27-13-6-7-16(22)15(12-13)20(25)23-18-14-4-2-3-5-17(14)29-19(18)21(26)24-8-10-28-11-9-24/h2-7,12H,8-11H2,1H3,(H,23,25). The zero-order valence-electron chi connectivity index (χ0n) is 15.7. The summed E-state index contributed by atoms with van der Waals surface area (Å²) in [5, 5.41) is 3.53. The van der Waals surface area contributed by atoms with Crippen LogP contribution in [0.15, 0.2) is 51.4 Å². The van der Waals surface area contributed by atoms with Crippen LogP contribution in [0.5, 0.6) is 5.75 Å². The summed E-state index contributed by atoms with van der Waals surface area (Å²) >= 11 is 3.40. The van der Waals surface area contributed by atoms with Gasteiger partial charge in [-0.1, -0.05) is 12.1 Å². The highest BCUT2D eigenvalue weighted by molar-refractivity contribution is 9.10. The van der Waals surface area contributed by atoms with Gasteiger partial charge >= 0.3 is 0 Å². The molecule has 0 bridgehead atoms. The Morgan fingerprint density at radius 2 is 1.90 bits per heavy atom. The molecule has 1 saturated heterocycles. The third kappa shape index (κ3) is 3.86. The number of ether oxygens (including phenoxy) is 2. The number of morpholine rings is 1. The van der Waals surface area contributed by atoms with Crippen LogP contribution >= 0.6 is 15.9 Å². The molecule has 8 heteroatoms. The molecule has 0 aliphatic carbocycles. The number of anilines is 1. The number of benzene rings is 2. The normalized spacial score (nSPS) is 14.1. The van der Waals surface area contributed by atoms with Crippen LogP contribution < -0.4 is 10.1 Å². The number of hydrogen-bond donors (Lipinski definition) is 1. The average molecular weight is 459 g/mol. The van der Waals surface area contributed by atoms with Crippen molar-refractivity contribution in [2.45, 2.75) is 0 Å². The van der Waals surface area contributed by atoms with Gasteiger partial charge in [0.1, 0.15) is 17.0 Å². The van der Waals surface area contributed by atoms with Crippen LogP contribution in [0.4, 0.5) is 5.69 Å². The summed E-state index contributed by atoms with van der Waals surface area (Å²) in [7, 11) is 1.54. The molecule has 0 saturated carbocycles. The van der Waals surface area contributed by atoms with Crippen LogP contribution in [0.25, 0.3) is 11.0 Å². The van der Waals surface area contributed by atoms with Crippen LogP contribution in [0.2, 0.25) is 0 Å². The van der Waals surface area contributed by atoms with Crippen molar-refractivity contribution in [3.05, 3.63) is 58.3 Å². The maximum absolute atomic E-state index is 13.1. The number of methoxy groups -OCH3 is 1. The minimum Gasteiger partial charge on any atom is -0.497 e. The Labute approximate surface area is 175 Å². The summed E-state index contributed by atoms with van der Waals surface area (Å²) in [6, 6.07) is 12.3. The molecule has 0 unspecified atom stereocenters. The fraction of sp³-hybridized carbons (Fsp3) is 0.238. The highest BCUT2D eigenvalue weighted by atomic mass is 79.9. The lowest BCUT2D eigenvalue weighted by atomic mass is 10.1. The van der Waals surface area contributed by atoms with Crippen molar-refractivity contribution in [1.82, 2.24) is 4.90 Å². The van der Waals surface area contributed by atoms with E-state index in [1.807, 2.05) is 18.2 Å². The largest absolute Gasteiger partial charge is 0.497 e. The van der Waals surface area contributed by atoms with E-state index in [2.05, 4.69) is 21.2 Å². The number of amides is 2. The van der Waals surface area contributed by atoms with Gasteiger partial charge < -0.3 is 24.1 Å². The van der Waals surface area contributed by atoms with Crippen LogP contribution in [-0.2, 0) is 4.74 Å². The zero-order chi connectivity index (χ0) is 20.4. The lowest BCUT2D eigenvalue weighted by Crippen LogP contribution is -2.40. The second-order valence-corrected chi connectivity index (χ2v) is 7.36. The molecule has 7 nitrogen and oxygen atoms in total. The van der Waals surface area contributed by atoms with Crippen molar-refractivity contribution >= 4 is 44.4 Å². The Hall–Kier alpha value is -2.84. The fourth-order valence-electron chi connectivity index (χ4n) is 3.22. The summed E-state index contributed by atoms with van der Waals surface area (Å²) in [6.07, 6.45) is 0. The molecule has 0 atom stereocenters. The van der Waals surface area contributed by atoms with Crippen LogP contribution in [0.3, 0.4) is 0 Å². The van der Waals surface area contributed by atoms with E-state index < -0.39 is 0 Å². The number of nitrogens with one attached hydrogen (secondary N) is 1. The number of fused-ring (bicyclic) bond motifs is 1. The summed E-state index contributed by atoms with van der Waals surface area (Å²) in [5.41, 5.74) is 1.28. The topological polar surface area (TPSA) is 81.0 Å². The minimum atomic E-state index is -0.377. The molecule has 3 aromatic rings. The van der Waals surface area contributed by atoms with E-state index in [-0.39, 0.29) is 17.6 Å². The van der Waals surface area contributed by atoms with E-state index in [0.717, 1.165) is 0 Å². The molecule has 2 amide bonds. The van der Waals surface area contributed by atoms with Crippen molar-refractivity contribution in [3.8, 4) is 5.75 Å². The van der Waals surface area contributed by atoms with E-state index >= 15 is 0 Å². The molecule has 29 heavy (non-hydrogen) atoms. The molecule has 150 valence electrons. The van der Waals surface area contributed by atoms with Gasteiger partial charge in [0.05, 0.1) is 25.9 Å². The van der Waals surface area contributed by atoms with Crippen molar-refractivity contribution in [3.63, 3.8) is 0 Å². The first-order chi connectivity index (χ1) is 14.1. The lowest BCUT2D eigenvalue weighted by Gasteiger charge is -2.26. The Kier molecular flexibility index (Phi) is 5.55. The lowest BCUT2D eigenvalue weighted by molar-refractivity contribution is 0.0285. The van der Waals surface area contributed by atoms with Gasteiger partial charge in [0, 0.05) is 22.9 Å². The molecule has 2 aromatic carbocycles. The number of nitrogens with zero attached hydrogens (tertiary/aromatic N) is 1. The Bertz CT molecular complexity index is 1070. The predicted octanol–water partition coefficient (Wildman–Crippen LogP) is 3.93. The molecule has 2 heterocycles. The van der Waals surface area contributed by atoms with Crippen LogP contribution in [-0.4, -0.2) is 50.1 Å². The van der Waals surface area contributed by atoms with Crippen LogP contribution in [0, 0.1) is 0 Å². The first-order valence-electron chi connectivity index (χ1n) is 9.12. The molecule has 1 fully saturated rings. The second-order valence-electron chi connectivity index (χ2n) is 6.51. The summed E-state index contributed by atoms with van der Waals surface area (Å²) in [5.74, 6) is 0.0170. The van der Waals surface area contributed by atoms with Gasteiger partial charge in [0.2, 0.25) is 5.76 Å². The van der Waals surface area contributed by atoms with Gasteiger partial charge in [-0.2, -0.15) is 0 Å². The molecule has 1 N–H and O–H groups in total. The van der Waals surface area contributed by atoms with E-state index in [9.17, 15) is 9.59 Å². The maximum Gasteiger partial charge on any atom is 0.291 e. The van der Waals surface area contributed by atoms with Crippen molar-refractivity contribution < 1.29 is 23.5 Å². The van der Waals surface area contributed by atoms with Gasteiger partial charge in [0.25, 0.3) is 11.8 Å². The number of hydrogen-bond acceptors (Lipinski definition) is 5. The Morgan fingerprint density at radius 3 is 2.66 bits per heavy atom. The summed E-state index contributed by atoms with van der Waals surface area (Å²) in [4.78, 5) is 27.7. The van der Waals surface area contributed by atoms with Gasteiger partial charge in [-0.25, -0.2) is 0 Å². The number of para-hydroxylation sites is 1. The van der Waals surface area contributed by atoms with Crippen molar-refractivity contribution in [2.24, 2.45) is 0 Å². The first kappa shape index (κ1) is 19.5. The number of rotatable bonds is 4. The van der Waals surface area contributed by atoms with E-state index in [1.54, 1.807) is 29.2 Å². The molecule has 1 aromatic heterocycles. The molecule has 1 aliphatic rings. The van der Waals surface area contributed by atoms with Crippen molar-refractivity contribution in [2.75, 3.05) is 38.7 Å². The van der Waals surface area contributed by atoms with Gasteiger partial charge in [0.15, 0.2) is 0 Å². The summed E-state index contributed by atoms with van der Waals surface area (Å²) in [6.45, 7) is 1.91. The van der Waals surface area contributed by atoms with E-state index in [1.165, 1.54) is 7.11 Å². The van der Waals surface area contributed by atoms with Gasteiger partial charge in [-0.05, 0) is 46.3 Å². The van der Waals surface area contributed by atoms with Gasteiger partial charge in [-0.15, -0.1) is 0 Å². The molecule has 0 radical (unpaired) electrons. The quantitative estimate of drug-likeness (QED) is 0.640. The second kappa shape index (κ2) is 8.26. The minimum absolute atomic E-state index is 0.112. The third-order valence-electron chi connectivity index (χ3n) is 4.74. The Balaban J connectivity index is 1.72. The SMILES string of the molecule is COc1ccc(Br)c(C(=O)Nc2c(C(=O)N3CCOCC3)oc3ccccc23)c1. The fourth-order valence-corrected chi connectivity index (χ4v) is 3.64. The molecule has 4 rings (SSSR count). The van der Waals surface area contributed by atoms with Crippen molar-refractivity contribution in [1.29, 1.82) is 0 Å². The maximum atomic E-state index is 13.1. The number of carbonyl (C=O) groups excluding carboxylic acids is 2. The van der Waals surface area contributed by atoms with E-state index in [4.69, 9.17) is 13.9 Å². The molecular weight excluding hydrogens is 440 g/mol. The highest BCUT2D eigenvalue weighted by Gasteiger charge is 2.28. The average Bonchev–Trinajstić information content (AvgIpc) is 3.12. The number of carbonyl (C=O) groups is 2. The number of furan rings is 1. The summed E-state index contributed by atoms with van der Waals surface area (Å²) < 4.78 is 17.0. The Morgan fingerprint density at radius 1 is 1.14 bits per heavy atom. The molecule has 0 spiro atoms. The highest BCUT2D eigenvalue weighted by Crippen LogP contribution is 2.33. The third-order valence-corrected chi connectivity index (χ3v) is 5.44. The monoisotopic (exact) mass is 458 g/mol.